The molecule has 19 heavy (non-hydrogen) atoms. The van der Waals surface area contributed by atoms with E-state index in [0.29, 0.717) is 12.1 Å². The molecule has 0 aliphatic carbocycles. The number of rotatable bonds is 5. The van der Waals surface area contributed by atoms with Gasteiger partial charge in [-0.3, -0.25) is 0 Å². The number of nitrogen functional groups attached to an aromatic ring is 1. The van der Waals surface area contributed by atoms with E-state index >= 15 is 0 Å². The van der Waals surface area contributed by atoms with Crippen LogP contribution in [-0.2, 0) is 6.42 Å². The van der Waals surface area contributed by atoms with Gasteiger partial charge in [0.1, 0.15) is 5.75 Å². The monoisotopic (exact) mass is 258 g/mol. The summed E-state index contributed by atoms with van der Waals surface area (Å²) < 4.78 is 5.19. The van der Waals surface area contributed by atoms with Crippen molar-refractivity contribution in [2.45, 2.75) is 6.42 Å². The van der Waals surface area contributed by atoms with Gasteiger partial charge in [-0.15, -0.1) is 0 Å². The number of hydrogen-bond donors (Lipinski definition) is 3. The topological polar surface area (TPSA) is 67.5 Å². The Morgan fingerprint density at radius 1 is 1.16 bits per heavy atom. The summed E-state index contributed by atoms with van der Waals surface area (Å²) in [6.45, 7) is 0.117. The maximum atomic E-state index is 9.07. The number of hydrogen-bond acceptors (Lipinski definition) is 4. The SMILES string of the molecule is COc1ccc(N)c(Nc2ccccc2CCO)c1. The quantitative estimate of drug-likeness (QED) is 0.721. The summed E-state index contributed by atoms with van der Waals surface area (Å²) in [5.41, 5.74) is 9.39. The molecule has 0 aromatic heterocycles. The molecule has 0 amide bonds. The molecule has 2 aromatic rings. The molecular formula is C15H18N2O2. The Bertz CT molecular complexity index is 556. The van der Waals surface area contributed by atoms with Gasteiger partial charge in [-0.25, -0.2) is 0 Å². The first-order valence-electron chi connectivity index (χ1n) is 6.14. The number of anilines is 3. The van der Waals surface area contributed by atoms with Gasteiger partial charge in [0.15, 0.2) is 0 Å². The van der Waals surface area contributed by atoms with E-state index in [1.165, 1.54) is 0 Å². The Balaban J connectivity index is 2.30. The highest BCUT2D eigenvalue weighted by atomic mass is 16.5. The number of aliphatic hydroxyl groups is 1. The minimum Gasteiger partial charge on any atom is -0.497 e. The molecule has 0 aliphatic rings. The fourth-order valence-electron chi connectivity index (χ4n) is 1.90. The van der Waals surface area contributed by atoms with Crippen LogP contribution in [0.2, 0.25) is 0 Å². The van der Waals surface area contributed by atoms with Crippen molar-refractivity contribution in [3.8, 4) is 5.75 Å². The van der Waals surface area contributed by atoms with E-state index in [-0.39, 0.29) is 6.61 Å². The van der Waals surface area contributed by atoms with E-state index in [1.807, 2.05) is 36.4 Å². The predicted octanol–water partition coefficient (Wildman–Crippen LogP) is 2.56. The molecule has 0 fully saturated rings. The zero-order valence-electron chi connectivity index (χ0n) is 10.9. The summed E-state index contributed by atoms with van der Waals surface area (Å²) in [6.07, 6.45) is 0.604. The first kappa shape index (κ1) is 13.2. The van der Waals surface area contributed by atoms with Crippen molar-refractivity contribution in [2.24, 2.45) is 0 Å². The summed E-state index contributed by atoms with van der Waals surface area (Å²) in [7, 11) is 1.62. The Kier molecular flexibility index (Phi) is 4.26. The highest BCUT2D eigenvalue weighted by molar-refractivity contribution is 5.75. The number of ether oxygens (including phenoxy) is 1. The van der Waals surface area contributed by atoms with Crippen LogP contribution in [0.3, 0.4) is 0 Å². The highest BCUT2D eigenvalue weighted by Crippen LogP contribution is 2.29. The van der Waals surface area contributed by atoms with E-state index in [1.54, 1.807) is 13.2 Å². The summed E-state index contributed by atoms with van der Waals surface area (Å²) in [6, 6.07) is 13.3. The molecule has 4 N–H and O–H groups in total. The van der Waals surface area contributed by atoms with Crippen molar-refractivity contribution < 1.29 is 9.84 Å². The molecule has 2 aromatic carbocycles. The fourth-order valence-corrected chi connectivity index (χ4v) is 1.90. The highest BCUT2D eigenvalue weighted by Gasteiger charge is 2.05. The van der Waals surface area contributed by atoms with Crippen LogP contribution >= 0.6 is 0 Å². The van der Waals surface area contributed by atoms with Gasteiger partial charge in [0.05, 0.1) is 18.5 Å². The van der Waals surface area contributed by atoms with Gasteiger partial charge in [0.2, 0.25) is 0 Å². The minimum atomic E-state index is 0.117. The molecule has 0 unspecified atom stereocenters. The van der Waals surface area contributed by atoms with E-state index < -0.39 is 0 Å². The van der Waals surface area contributed by atoms with Crippen LogP contribution in [0.15, 0.2) is 42.5 Å². The van der Waals surface area contributed by atoms with Crippen LogP contribution in [0.1, 0.15) is 5.56 Å². The molecule has 4 heteroatoms. The maximum Gasteiger partial charge on any atom is 0.121 e. The van der Waals surface area contributed by atoms with Crippen molar-refractivity contribution in [1.29, 1.82) is 0 Å². The van der Waals surface area contributed by atoms with Crippen molar-refractivity contribution in [2.75, 3.05) is 24.8 Å². The Morgan fingerprint density at radius 2 is 1.95 bits per heavy atom. The second kappa shape index (κ2) is 6.11. The molecular weight excluding hydrogens is 240 g/mol. The number of aliphatic hydroxyl groups excluding tert-OH is 1. The molecule has 0 saturated carbocycles. The minimum absolute atomic E-state index is 0.117. The summed E-state index contributed by atoms with van der Waals surface area (Å²) in [4.78, 5) is 0. The maximum absolute atomic E-state index is 9.07. The first-order valence-corrected chi connectivity index (χ1v) is 6.14. The van der Waals surface area contributed by atoms with Crippen molar-refractivity contribution in [3.63, 3.8) is 0 Å². The Hall–Kier alpha value is -2.20. The molecule has 100 valence electrons. The Labute approximate surface area is 112 Å². The third-order valence-corrected chi connectivity index (χ3v) is 2.93. The molecule has 0 spiro atoms. The van der Waals surface area contributed by atoms with Crippen molar-refractivity contribution >= 4 is 17.1 Å². The van der Waals surface area contributed by atoms with Crippen LogP contribution in [0.5, 0.6) is 5.75 Å². The van der Waals surface area contributed by atoms with Gasteiger partial charge in [-0.2, -0.15) is 0 Å². The zero-order chi connectivity index (χ0) is 13.7. The molecule has 4 nitrogen and oxygen atoms in total. The lowest BCUT2D eigenvalue weighted by Crippen LogP contribution is -2.01. The van der Waals surface area contributed by atoms with Crippen LogP contribution in [0.4, 0.5) is 17.1 Å². The standard InChI is InChI=1S/C15H18N2O2/c1-19-12-6-7-13(16)15(10-12)17-14-5-3-2-4-11(14)8-9-18/h2-7,10,17-18H,8-9,16H2,1H3. The number of benzene rings is 2. The largest absolute Gasteiger partial charge is 0.497 e. The normalized spacial score (nSPS) is 10.2. The summed E-state index contributed by atoms with van der Waals surface area (Å²) in [5.74, 6) is 0.747. The van der Waals surface area contributed by atoms with Gasteiger partial charge >= 0.3 is 0 Å². The second-order valence-electron chi connectivity index (χ2n) is 4.21. The predicted molar refractivity (Wildman–Crippen MR) is 77.9 cm³/mol. The molecule has 0 bridgehead atoms. The molecule has 0 radical (unpaired) electrons. The van der Waals surface area contributed by atoms with Crippen LogP contribution in [0, 0.1) is 0 Å². The lowest BCUT2D eigenvalue weighted by molar-refractivity contribution is 0.300. The molecule has 2 rings (SSSR count). The molecule has 0 aliphatic heterocycles. The number of nitrogens with one attached hydrogen (secondary N) is 1. The number of para-hydroxylation sites is 1. The average molecular weight is 258 g/mol. The zero-order valence-corrected chi connectivity index (χ0v) is 10.9. The summed E-state index contributed by atoms with van der Waals surface area (Å²) >= 11 is 0. The first-order chi connectivity index (χ1) is 9.24. The van der Waals surface area contributed by atoms with E-state index in [4.69, 9.17) is 15.6 Å². The van der Waals surface area contributed by atoms with Gasteiger partial charge < -0.3 is 20.9 Å². The van der Waals surface area contributed by atoms with E-state index in [0.717, 1.165) is 22.7 Å². The molecule has 0 atom stereocenters. The van der Waals surface area contributed by atoms with Crippen molar-refractivity contribution in [1.82, 2.24) is 0 Å². The molecule has 0 saturated heterocycles. The third-order valence-electron chi connectivity index (χ3n) is 2.93. The average Bonchev–Trinajstić information content (AvgIpc) is 2.43. The molecule has 0 heterocycles. The van der Waals surface area contributed by atoms with Crippen molar-refractivity contribution in [3.05, 3.63) is 48.0 Å². The van der Waals surface area contributed by atoms with Gasteiger partial charge in [0.25, 0.3) is 0 Å². The smallest absolute Gasteiger partial charge is 0.121 e. The van der Waals surface area contributed by atoms with Crippen LogP contribution in [-0.4, -0.2) is 18.8 Å². The van der Waals surface area contributed by atoms with Gasteiger partial charge in [0, 0.05) is 18.4 Å². The van der Waals surface area contributed by atoms with E-state index in [9.17, 15) is 0 Å². The van der Waals surface area contributed by atoms with Gasteiger partial charge in [-0.1, -0.05) is 18.2 Å². The third kappa shape index (κ3) is 3.17. The summed E-state index contributed by atoms with van der Waals surface area (Å²) in [5, 5.41) is 12.4. The van der Waals surface area contributed by atoms with E-state index in [2.05, 4.69) is 5.32 Å². The number of nitrogens with two attached hydrogens (primary N) is 1. The lowest BCUT2D eigenvalue weighted by atomic mass is 10.1. The lowest BCUT2D eigenvalue weighted by Gasteiger charge is -2.14. The van der Waals surface area contributed by atoms with Crippen LogP contribution < -0.4 is 15.8 Å². The Morgan fingerprint density at radius 3 is 2.68 bits per heavy atom. The second-order valence-corrected chi connectivity index (χ2v) is 4.21. The number of methoxy groups -OCH3 is 1. The fraction of sp³-hybridized carbons (Fsp3) is 0.200. The van der Waals surface area contributed by atoms with Gasteiger partial charge in [-0.05, 0) is 30.2 Å². The van der Waals surface area contributed by atoms with Crippen LogP contribution in [0.25, 0.3) is 0 Å².